The summed E-state index contributed by atoms with van der Waals surface area (Å²) in [6.45, 7) is 4.25. The van der Waals surface area contributed by atoms with Gasteiger partial charge in [0.25, 0.3) is 5.91 Å². The predicted octanol–water partition coefficient (Wildman–Crippen LogP) is 3.86. The van der Waals surface area contributed by atoms with Gasteiger partial charge in [0.15, 0.2) is 0 Å². The molecule has 27 heavy (non-hydrogen) atoms. The van der Waals surface area contributed by atoms with Crippen LogP contribution in [-0.2, 0) is 9.59 Å². The number of carbonyl (C=O) groups is 3. The molecule has 0 aliphatic carbocycles. The van der Waals surface area contributed by atoms with Gasteiger partial charge in [0.2, 0.25) is 11.8 Å². The largest absolute Gasteiger partial charge is 0.345 e. The second kappa shape index (κ2) is 8.16. The van der Waals surface area contributed by atoms with Gasteiger partial charge in [-0.3, -0.25) is 19.3 Å². The molecule has 1 saturated heterocycles. The Labute approximate surface area is 159 Å². The van der Waals surface area contributed by atoms with E-state index in [2.05, 4.69) is 19.2 Å². The molecule has 1 fully saturated rings. The lowest BCUT2D eigenvalue weighted by atomic mass is 9.96. The summed E-state index contributed by atoms with van der Waals surface area (Å²) in [6, 6.07) is 16.5. The van der Waals surface area contributed by atoms with Gasteiger partial charge in [0.05, 0.1) is 11.7 Å². The Balaban J connectivity index is 1.74. The molecule has 0 unspecified atom stereocenters. The zero-order valence-corrected chi connectivity index (χ0v) is 15.6. The van der Waals surface area contributed by atoms with Crippen LogP contribution in [0.3, 0.4) is 0 Å². The minimum Gasteiger partial charge on any atom is -0.345 e. The summed E-state index contributed by atoms with van der Waals surface area (Å²) in [4.78, 5) is 37.6. The van der Waals surface area contributed by atoms with Crippen LogP contribution in [0.1, 0.15) is 55.1 Å². The first-order chi connectivity index (χ1) is 13.0. The Kier molecular flexibility index (Phi) is 5.69. The predicted molar refractivity (Wildman–Crippen MR) is 104 cm³/mol. The van der Waals surface area contributed by atoms with Crippen molar-refractivity contribution < 1.29 is 14.4 Å². The van der Waals surface area contributed by atoms with Gasteiger partial charge in [-0.05, 0) is 42.2 Å². The molecule has 0 bridgehead atoms. The number of carbonyl (C=O) groups excluding carboxylic acids is 3. The highest BCUT2D eigenvalue weighted by atomic mass is 16.2. The summed E-state index contributed by atoms with van der Waals surface area (Å²) in [5.74, 6) is -0.128. The van der Waals surface area contributed by atoms with Crippen molar-refractivity contribution in [2.45, 2.75) is 39.2 Å². The number of nitrogens with one attached hydrogen (secondary N) is 1. The summed E-state index contributed by atoms with van der Waals surface area (Å²) in [5.41, 5.74) is 2.09. The van der Waals surface area contributed by atoms with Crippen molar-refractivity contribution in [1.82, 2.24) is 5.32 Å². The Morgan fingerprint density at radius 3 is 2.11 bits per heavy atom. The maximum Gasteiger partial charge on any atom is 0.251 e. The van der Waals surface area contributed by atoms with E-state index in [1.807, 2.05) is 30.3 Å². The van der Waals surface area contributed by atoms with Crippen LogP contribution in [0.5, 0.6) is 0 Å². The highest BCUT2D eigenvalue weighted by Crippen LogP contribution is 2.24. The van der Waals surface area contributed by atoms with Crippen molar-refractivity contribution in [3.05, 3.63) is 65.7 Å². The van der Waals surface area contributed by atoms with Gasteiger partial charge in [-0.15, -0.1) is 0 Å². The molecule has 0 saturated carbocycles. The van der Waals surface area contributed by atoms with E-state index in [9.17, 15) is 14.4 Å². The van der Waals surface area contributed by atoms with E-state index in [4.69, 9.17) is 0 Å². The fraction of sp³-hybridized carbons (Fsp3) is 0.318. The molecular weight excluding hydrogens is 340 g/mol. The maximum atomic E-state index is 12.7. The molecule has 1 atom stereocenters. The van der Waals surface area contributed by atoms with Gasteiger partial charge in [-0.25, -0.2) is 0 Å². The number of imide groups is 1. The normalized spacial score (nSPS) is 15.3. The van der Waals surface area contributed by atoms with E-state index >= 15 is 0 Å². The molecule has 0 spiro atoms. The molecule has 0 radical (unpaired) electrons. The minimum atomic E-state index is -0.196. The molecule has 3 rings (SSSR count). The first kappa shape index (κ1) is 18.8. The van der Waals surface area contributed by atoms with Crippen LogP contribution in [0.25, 0.3) is 0 Å². The zero-order valence-electron chi connectivity index (χ0n) is 15.6. The Morgan fingerprint density at radius 2 is 1.56 bits per heavy atom. The molecule has 5 nitrogen and oxygen atoms in total. The average Bonchev–Trinajstić information content (AvgIpc) is 3.00. The SMILES string of the molecule is CC(C)C[C@H](NC(=O)c1ccc(N2C(=O)CCC2=O)cc1)c1ccccc1. The molecule has 0 aromatic heterocycles. The summed E-state index contributed by atoms with van der Waals surface area (Å²) >= 11 is 0. The summed E-state index contributed by atoms with van der Waals surface area (Å²) in [5, 5.41) is 3.10. The highest BCUT2D eigenvalue weighted by Gasteiger charge is 2.30. The number of hydrogen-bond acceptors (Lipinski definition) is 3. The van der Waals surface area contributed by atoms with Crippen molar-refractivity contribution in [2.75, 3.05) is 4.90 Å². The second-order valence-corrected chi connectivity index (χ2v) is 7.24. The smallest absolute Gasteiger partial charge is 0.251 e. The lowest BCUT2D eigenvalue weighted by molar-refractivity contribution is -0.121. The first-order valence-corrected chi connectivity index (χ1v) is 9.27. The standard InChI is InChI=1S/C22H24N2O3/c1-15(2)14-19(16-6-4-3-5-7-16)23-22(27)17-8-10-18(11-9-17)24-20(25)12-13-21(24)26/h3-11,15,19H,12-14H2,1-2H3,(H,23,27)/t19-/m0/s1. The molecular formula is C22H24N2O3. The van der Waals surface area contributed by atoms with Crippen molar-refractivity contribution in [3.8, 4) is 0 Å². The average molecular weight is 364 g/mol. The summed E-state index contributed by atoms with van der Waals surface area (Å²) < 4.78 is 0. The fourth-order valence-corrected chi connectivity index (χ4v) is 3.30. The molecule has 1 aliphatic rings. The number of benzene rings is 2. The maximum absolute atomic E-state index is 12.7. The number of nitrogens with zero attached hydrogens (tertiary/aromatic N) is 1. The summed E-state index contributed by atoms with van der Waals surface area (Å²) in [7, 11) is 0. The van der Waals surface area contributed by atoms with Crippen LogP contribution >= 0.6 is 0 Å². The van der Waals surface area contributed by atoms with E-state index in [1.165, 1.54) is 4.90 Å². The quantitative estimate of drug-likeness (QED) is 0.792. The van der Waals surface area contributed by atoms with Gasteiger partial charge >= 0.3 is 0 Å². The third kappa shape index (κ3) is 4.42. The van der Waals surface area contributed by atoms with Gasteiger partial charge in [-0.1, -0.05) is 44.2 Å². The van der Waals surface area contributed by atoms with Crippen LogP contribution in [0.4, 0.5) is 5.69 Å². The van der Waals surface area contributed by atoms with E-state index in [1.54, 1.807) is 24.3 Å². The third-order valence-electron chi connectivity index (χ3n) is 4.65. The van der Waals surface area contributed by atoms with Crippen LogP contribution in [0, 0.1) is 5.92 Å². The van der Waals surface area contributed by atoms with Crippen molar-refractivity contribution >= 4 is 23.4 Å². The van der Waals surface area contributed by atoms with Gasteiger partial charge < -0.3 is 5.32 Å². The number of hydrogen-bond donors (Lipinski definition) is 1. The highest BCUT2D eigenvalue weighted by molar-refractivity contribution is 6.19. The number of anilines is 1. The first-order valence-electron chi connectivity index (χ1n) is 9.27. The van der Waals surface area contributed by atoms with Crippen LogP contribution in [0.2, 0.25) is 0 Å². The Hall–Kier alpha value is -2.95. The molecule has 1 N–H and O–H groups in total. The molecule has 5 heteroatoms. The monoisotopic (exact) mass is 364 g/mol. The molecule has 2 aromatic carbocycles. The lowest BCUT2D eigenvalue weighted by Crippen LogP contribution is -2.30. The van der Waals surface area contributed by atoms with Crippen molar-refractivity contribution in [1.29, 1.82) is 0 Å². The Bertz CT molecular complexity index is 812. The summed E-state index contributed by atoms with van der Waals surface area (Å²) in [6.07, 6.45) is 1.33. The molecule has 3 amide bonds. The van der Waals surface area contributed by atoms with Crippen molar-refractivity contribution in [2.24, 2.45) is 5.92 Å². The van der Waals surface area contributed by atoms with Crippen LogP contribution in [0.15, 0.2) is 54.6 Å². The lowest BCUT2D eigenvalue weighted by Gasteiger charge is -2.21. The number of amides is 3. The fourth-order valence-electron chi connectivity index (χ4n) is 3.30. The third-order valence-corrected chi connectivity index (χ3v) is 4.65. The molecule has 2 aromatic rings. The van der Waals surface area contributed by atoms with E-state index in [-0.39, 0.29) is 36.6 Å². The van der Waals surface area contributed by atoms with Gasteiger partial charge in [0.1, 0.15) is 0 Å². The topological polar surface area (TPSA) is 66.5 Å². The van der Waals surface area contributed by atoms with E-state index in [0.29, 0.717) is 17.2 Å². The van der Waals surface area contributed by atoms with E-state index < -0.39 is 0 Å². The zero-order chi connectivity index (χ0) is 19.4. The minimum absolute atomic E-state index is 0.0693. The molecule has 1 heterocycles. The van der Waals surface area contributed by atoms with Gasteiger partial charge in [0, 0.05) is 18.4 Å². The molecule has 140 valence electrons. The Morgan fingerprint density at radius 1 is 0.963 bits per heavy atom. The number of rotatable bonds is 6. The van der Waals surface area contributed by atoms with Crippen LogP contribution in [-0.4, -0.2) is 17.7 Å². The second-order valence-electron chi connectivity index (χ2n) is 7.24. The van der Waals surface area contributed by atoms with Crippen molar-refractivity contribution in [3.63, 3.8) is 0 Å². The van der Waals surface area contributed by atoms with Crippen LogP contribution < -0.4 is 10.2 Å². The van der Waals surface area contributed by atoms with E-state index in [0.717, 1.165) is 12.0 Å². The van der Waals surface area contributed by atoms with Gasteiger partial charge in [-0.2, -0.15) is 0 Å². The molecule has 1 aliphatic heterocycles.